The summed E-state index contributed by atoms with van der Waals surface area (Å²) in [5, 5.41) is 29.0. The predicted molar refractivity (Wildman–Crippen MR) is 64.3 cm³/mol. The van der Waals surface area contributed by atoms with Crippen molar-refractivity contribution in [3.8, 4) is 0 Å². The molecule has 98 valence electrons. The van der Waals surface area contributed by atoms with Gasteiger partial charge in [-0.25, -0.2) is 0 Å². The van der Waals surface area contributed by atoms with E-state index in [1.807, 2.05) is 6.20 Å². The molecule has 0 aliphatic carbocycles. The van der Waals surface area contributed by atoms with Crippen LogP contribution in [0.4, 0.5) is 0 Å². The molecule has 0 spiro atoms. The van der Waals surface area contributed by atoms with E-state index in [1.54, 1.807) is 11.6 Å². The third kappa shape index (κ3) is 6.35. The molecule has 1 rings (SSSR count). The molecule has 1 heterocycles. The van der Waals surface area contributed by atoms with Crippen LogP contribution in [0.5, 0.6) is 0 Å². The van der Waals surface area contributed by atoms with Crippen molar-refractivity contribution < 1.29 is 10.2 Å². The number of aromatic nitrogens is 3. The lowest BCUT2D eigenvalue weighted by Crippen LogP contribution is -2.16. The Labute approximate surface area is 102 Å². The van der Waals surface area contributed by atoms with Crippen LogP contribution in [0.3, 0.4) is 0 Å². The first-order valence-electron chi connectivity index (χ1n) is 6.11. The summed E-state index contributed by atoms with van der Waals surface area (Å²) < 4.78 is 1.74. The minimum absolute atomic E-state index is 0.173. The lowest BCUT2D eigenvalue weighted by Gasteiger charge is -2.04. The van der Waals surface area contributed by atoms with E-state index in [0.29, 0.717) is 19.5 Å². The van der Waals surface area contributed by atoms with Gasteiger partial charge in [-0.05, 0) is 32.7 Å². The first kappa shape index (κ1) is 14.1. The minimum Gasteiger partial charge on any atom is -0.396 e. The zero-order valence-electron chi connectivity index (χ0n) is 10.3. The van der Waals surface area contributed by atoms with Crippen molar-refractivity contribution in [2.45, 2.75) is 45.4 Å². The van der Waals surface area contributed by atoms with E-state index in [4.69, 9.17) is 10.2 Å². The smallest absolute Gasteiger partial charge is 0.0964 e. The van der Waals surface area contributed by atoms with Gasteiger partial charge in [0.2, 0.25) is 0 Å². The fourth-order valence-electron chi connectivity index (χ4n) is 1.50. The average molecular weight is 242 g/mol. The van der Waals surface area contributed by atoms with E-state index in [2.05, 4.69) is 15.6 Å². The van der Waals surface area contributed by atoms with E-state index >= 15 is 0 Å². The highest BCUT2D eigenvalue weighted by atomic mass is 16.3. The summed E-state index contributed by atoms with van der Waals surface area (Å²) in [6.07, 6.45) is 4.13. The van der Waals surface area contributed by atoms with Crippen LogP contribution in [0.1, 0.15) is 31.9 Å². The number of nitrogens with zero attached hydrogens (tertiary/aromatic N) is 3. The molecule has 6 heteroatoms. The van der Waals surface area contributed by atoms with Crippen molar-refractivity contribution in [2.24, 2.45) is 0 Å². The monoisotopic (exact) mass is 242 g/mol. The third-order valence-corrected chi connectivity index (χ3v) is 2.41. The summed E-state index contributed by atoms with van der Waals surface area (Å²) in [7, 11) is 0. The largest absolute Gasteiger partial charge is 0.396 e. The van der Waals surface area contributed by atoms with Gasteiger partial charge in [-0.3, -0.25) is 4.68 Å². The molecule has 17 heavy (non-hydrogen) atoms. The van der Waals surface area contributed by atoms with Crippen LogP contribution in [0.25, 0.3) is 0 Å². The number of aryl methyl sites for hydroxylation is 1. The molecule has 1 atom stereocenters. The van der Waals surface area contributed by atoms with Crippen LogP contribution < -0.4 is 5.32 Å². The molecule has 0 aliphatic rings. The highest BCUT2D eigenvalue weighted by Crippen LogP contribution is 1.96. The van der Waals surface area contributed by atoms with Gasteiger partial charge < -0.3 is 15.5 Å². The first-order valence-corrected chi connectivity index (χ1v) is 6.11. The molecular weight excluding hydrogens is 220 g/mol. The lowest BCUT2D eigenvalue weighted by molar-refractivity contribution is 0.181. The van der Waals surface area contributed by atoms with E-state index in [1.165, 1.54) is 0 Å². The molecule has 3 N–H and O–H groups in total. The molecule has 0 aromatic carbocycles. The standard InChI is InChI=1S/C11H22N4O2/c1-10(17)4-2-5-12-8-11-9-15(14-13-11)6-3-7-16/h9-10,12,16-17H,2-8H2,1H3. The zero-order chi connectivity index (χ0) is 12.5. The van der Waals surface area contributed by atoms with Crippen LogP contribution in [0, 0.1) is 0 Å². The Morgan fingerprint density at radius 3 is 3.00 bits per heavy atom. The quantitative estimate of drug-likeness (QED) is 0.527. The maximum absolute atomic E-state index is 9.08. The van der Waals surface area contributed by atoms with Crippen molar-refractivity contribution in [1.82, 2.24) is 20.3 Å². The molecule has 6 nitrogen and oxygen atoms in total. The summed E-state index contributed by atoms with van der Waals surface area (Å²) in [5.41, 5.74) is 0.903. The van der Waals surface area contributed by atoms with Gasteiger partial charge in [0.1, 0.15) is 0 Å². The second-order valence-electron chi connectivity index (χ2n) is 4.22. The van der Waals surface area contributed by atoms with Crippen molar-refractivity contribution in [1.29, 1.82) is 0 Å². The van der Waals surface area contributed by atoms with Crippen LogP contribution in [0.2, 0.25) is 0 Å². The summed E-state index contributed by atoms with van der Waals surface area (Å²) >= 11 is 0. The van der Waals surface area contributed by atoms with Gasteiger partial charge in [0.15, 0.2) is 0 Å². The van der Waals surface area contributed by atoms with Gasteiger partial charge in [0, 0.05) is 25.9 Å². The topological polar surface area (TPSA) is 83.2 Å². The van der Waals surface area contributed by atoms with Crippen molar-refractivity contribution in [2.75, 3.05) is 13.2 Å². The van der Waals surface area contributed by atoms with E-state index in [-0.39, 0.29) is 12.7 Å². The molecule has 0 radical (unpaired) electrons. The van der Waals surface area contributed by atoms with E-state index < -0.39 is 0 Å². The second kappa shape index (κ2) is 8.16. The van der Waals surface area contributed by atoms with Gasteiger partial charge in [-0.2, -0.15) is 0 Å². The molecule has 0 bridgehead atoms. The Kier molecular flexibility index (Phi) is 6.76. The Morgan fingerprint density at radius 1 is 1.47 bits per heavy atom. The summed E-state index contributed by atoms with van der Waals surface area (Å²) in [5.74, 6) is 0. The Bertz CT molecular complexity index is 301. The van der Waals surface area contributed by atoms with Gasteiger partial charge in [0.05, 0.1) is 11.8 Å². The number of aliphatic hydroxyl groups excluding tert-OH is 2. The van der Waals surface area contributed by atoms with Crippen molar-refractivity contribution in [3.05, 3.63) is 11.9 Å². The summed E-state index contributed by atoms with van der Waals surface area (Å²) in [6, 6.07) is 0. The molecular formula is C11H22N4O2. The van der Waals surface area contributed by atoms with Crippen LogP contribution in [0.15, 0.2) is 6.20 Å². The van der Waals surface area contributed by atoms with Gasteiger partial charge in [-0.1, -0.05) is 5.21 Å². The maximum atomic E-state index is 9.08. The molecule has 0 aliphatic heterocycles. The SMILES string of the molecule is CC(O)CCCNCc1cn(CCCO)nn1. The molecule has 0 fully saturated rings. The fraction of sp³-hybridized carbons (Fsp3) is 0.818. The molecule has 0 amide bonds. The Balaban J connectivity index is 2.12. The lowest BCUT2D eigenvalue weighted by atomic mass is 10.2. The average Bonchev–Trinajstić information content (AvgIpc) is 2.73. The maximum Gasteiger partial charge on any atom is 0.0964 e. The van der Waals surface area contributed by atoms with Crippen molar-refractivity contribution >= 4 is 0 Å². The normalized spacial score (nSPS) is 12.9. The Morgan fingerprint density at radius 2 is 2.29 bits per heavy atom. The van der Waals surface area contributed by atoms with Gasteiger partial charge >= 0.3 is 0 Å². The van der Waals surface area contributed by atoms with E-state index in [9.17, 15) is 0 Å². The highest BCUT2D eigenvalue weighted by molar-refractivity contribution is 4.91. The minimum atomic E-state index is -0.226. The number of aliphatic hydroxyl groups is 2. The van der Waals surface area contributed by atoms with E-state index in [0.717, 1.165) is 25.1 Å². The highest BCUT2D eigenvalue weighted by Gasteiger charge is 2.00. The van der Waals surface area contributed by atoms with Crippen LogP contribution in [-0.4, -0.2) is 44.5 Å². The zero-order valence-corrected chi connectivity index (χ0v) is 10.3. The van der Waals surface area contributed by atoms with Crippen LogP contribution >= 0.6 is 0 Å². The second-order valence-corrected chi connectivity index (χ2v) is 4.22. The Hall–Kier alpha value is -0.980. The first-order chi connectivity index (χ1) is 8.22. The van der Waals surface area contributed by atoms with Gasteiger partial charge in [0.25, 0.3) is 0 Å². The molecule has 1 aromatic rings. The molecule has 1 aromatic heterocycles. The molecule has 1 unspecified atom stereocenters. The third-order valence-electron chi connectivity index (χ3n) is 2.41. The molecule has 0 saturated carbocycles. The number of nitrogens with one attached hydrogen (secondary N) is 1. The summed E-state index contributed by atoms with van der Waals surface area (Å²) in [4.78, 5) is 0. The number of hydrogen-bond donors (Lipinski definition) is 3. The van der Waals surface area contributed by atoms with Crippen LogP contribution in [-0.2, 0) is 13.1 Å². The number of rotatable bonds is 9. The predicted octanol–water partition coefficient (Wildman–Crippen LogP) is -0.0889. The van der Waals surface area contributed by atoms with Crippen molar-refractivity contribution in [3.63, 3.8) is 0 Å². The van der Waals surface area contributed by atoms with Gasteiger partial charge in [-0.15, -0.1) is 5.10 Å². The number of hydrogen-bond acceptors (Lipinski definition) is 5. The fourth-order valence-corrected chi connectivity index (χ4v) is 1.50. The molecule has 0 saturated heterocycles. The summed E-state index contributed by atoms with van der Waals surface area (Å²) in [6.45, 7) is 4.23.